The number of aromatic nitrogens is 1. The molecule has 3 aromatic rings. The van der Waals surface area contributed by atoms with Gasteiger partial charge in [-0.3, -0.25) is 9.78 Å². The van der Waals surface area contributed by atoms with Crippen LogP contribution in [0.2, 0.25) is 0 Å². The average Bonchev–Trinajstić information content (AvgIpc) is 2.85. The van der Waals surface area contributed by atoms with Gasteiger partial charge in [-0.05, 0) is 99.5 Å². The molecule has 4 nitrogen and oxygen atoms in total. The van der Waals surface area contributed by atoms with Crippen LogP contribution in [-0.2, 0) is 11.2 Å². The van der Waals surface area contributed by atoms with Crippen molar-refractivity contribution >= 4 is 16.7 Å². The number of benzene rings is 2. The van der Waals surface area contributed by atoms with Gasteiger partial charge in [0.2, 0.25) is 0 Å². The van der Waals surface area contributed by atoms with E-state index in [4.69, 9.17) is 9.72 Å². The van der Waals surface area contributed by atoms with Crippen molar-refractivity contribution in [2.75, 3.05) is 26.7 Å². The number of rotatable bonds is 9. The summed E-state index contributed by atoms with van der Waals surface area (Å²) in [7, 11) is 1.77. The molecule has 1 fully saturated rings. The van der Waals surface area contributed by atoms with Crippen LogP contribution in [0.4, 0.5) is 0 Å². The third kappa shape index (κ3) is 5.67. The van der Waals surface area contributed by atoms with E-state index in [1.54, 1.807) is 14.0 Å². The summed E-state index contributed by atoms with van der Waals surface area (Å²) in [5.74, 6) is 1.61. The normalized spacial score (nSPS) is 15.4. The second-order valence-electron chi connectivity index (χ2n) is 9.83. The fourth-order valence-corrected chi connectivity index (χ4v) is 5.27. The zero-order chi connectivity index (χ0) is 24.1. The predicted octanol–water partition coefficient (Wildman–Crippen LogP) is 6.72. The van der Waals surface area contributed by atoms with E-state index < -0.39 is 0 Å². The summed E-state index contributed by atoms with van der Waals surface area (Å²) in [5, 5.41) is 1.15. The van der Waals surface area contributed by atoms with Crippen LogP contribution in [0.15, 0.2) is 42.6 Å². The molecule has 0 N–H and O–H groups in total. The van der Waals surface area contributed by atoms with Gasteiger partial charge < -0.3 is 9.64 Å². The summed E-state index contributed by atoms with van der Waals surface area (Å²) < 4.78 is 5.82. The third-order valence-corrected chi connectivity index (χ3v) is 7.32. The van der Waals surface area contributed by atoms with Crippen LogP contribution in [0.1, 0.15) is 68.6 Å². The van der Waals surface area contributed by atoms with Gasteiger partial charge in [0.1, 0.15) is 11.5 Å². The first-order valence-electron chi connectivity index (χ1n) is 12.8. The summed E-state index contributed by atoms with van der Waals surface area (Å²) in [6, 6.07) is 13.0. The zero-order valence-electron chi connectivity index (χ0n) is 21.2. The largest absolute Gasteiger partial charge is 0.496 e. The Bertz CT molecular complexity index is 1150. The number of hydrogen-bond acceptors (Lipinski definition) is 4. The maximum Gasteiger partial charge on any atom is 0.134 e. The van der Waals surface area contributed by atoms with Crippen LogP contribution in [-0.4, -0.2) is 42.4 Å². The lowest BCUT2D eigenvalue weighted by Crippen LogP contribution is -2.31. The van der Waals surface area contributed by atoms with Crippen molar-refractivity contribution in [3.8, 4) is 16.9 Å². The van der Waals surface area contributed by atoms with Crippen molar-refractivity contribution in [2.24, 2.45) is 0 Å². The summed E-state index contributed by atoms with van der Waals surface area (Å²) in [5.41, 5.74) is 6.72. The molecule has 0 spiro atoms. The second kappa shape index (κ2) is 11.1. The number of methoxy groups -OCH3 is 1. The monoisotopic (exact) mass is 458 g/mol. The number of ketones is 1. The van der Waals surface area contributed by atoms with E-state index in [0.717, 1.165) is 58.3 Å². The quantitative estimate of drug-likeness (QED) is 0.357. The number of fused-ring (bicyclic) bond motifs is 1. The molecule has 1 atom stereocenters. The first-order valence-corrected chi connectivity index (χ1v) is 12.8. The number of hydrogen-bond donors (Lipinski definition) is 0. The van der Waals surface area contributed by atoms with Crippen molar-refractivity contribution in [3.63, 3.8) is 0 Å². The fraction of sp³-hybridized carbons (Fsp3) is 0.467. The number of aryl methyl sites for hydroxylation is 1. The number of ether oxygens (including phenoxy) is 1. The van der Waals surface area contributed by atoms with Crippen molar-refractivity contribution in [1.29, 1.82) is 0 Å². The van der Waals surface area contributed by atoms with Gasteiger partial charge in [0.25, 0.3) is 0 Å². The fourth-order valence-electron chi connectivity index (χ4n) is 5.27. The lowest BCUT2D eigenvalue weighted by atomic mass is 9.90. The van der Waals surface area contributed by atoms with Crippen LogP contribution in [0.25, 0.3) is 22.0 Å². The van der Waals surface area contributed by atoms with E-state index in [1.165, 1.54) is 37.9 Å². The molecule has 2 aromatic carbocycles. The number of carbonyl (C=O) groups excluding carboxylic acids is 1. The molecule has 0 saturated carbocycles. The zero-order valence-corrected chi connectivity index (χ0v) is 21.2. The Morgan fingerprint density at radius 3 is 2.56 bits per heavy atom. The summed E-state index contributed by atoms with van der Waals surface area (Å²) in [6.45, 7) is 9.64. The smallest absolute Gasteiger partial charge is 0.134 e. The molecule has 1 aliphatic heterocycles. The van der Waals surface area contributed by atoms with E-state index in [0.29, 0.717) is 12.3 Å². The van der Waals surface area contributed by atoms with E-state index in [2.05, 4.69) is 55.1 Å². The Morgan fingerprint density at radius 1 is 1.09 bits per heavy atom. The van der Waals surface area contributed by atoms with Gasteiger partial charge in [0.05, 0.1) is 12.6 Å². The Kier molecular flexibility index (Phi) is 7.99. The molecule has 1 saturated heterocycles. The highest BCUT2D eigenvalue weighted by Gasteiger charge is 2.19. The molecule has 2 heterocycles. The van der Waals surface area contributed by atoms with Crippen molar-refractivity contribution in [3.05, 3.63) is 59.3 Å². The predicted molar refractivity (Wildman–Crippen MR) is 141 cm³/mol. The minimum atomic E-state index is 0.190. The number of carbonyl (C=O) groups is 1. The van der Waals surface area contributed by atoms with E-state index in [-0.39, 0.29) is 5.78 Å². The summed E-state index contributed by atoms with van der Waals surface area (Å²) >= 11 is 0. The Balaban J connectivity index is 1.63. The molecular formula is C30H38N2O2. The maximum atomic E-state index is 11.5. The SMILES string of the molecule is CCC(CCN1CCCCC1)c1cc2cc(-c3ccc(CC(C)=O)c(C)c3)cnc2cc1OC. The molecule has 4 heteroatoms. The van der Waals surface area contributed by atoms with Gasteiger partial charge in [0.15, 0.2) is 0 Å². The van der Waals surface area contributed by atoms with Crippen LogP contribution in [0.3, 0.4) is 0 Å². The first kappa shape index (κ1) is 24.4. The molecule has 0 bridgehead atoms. The molecule has 34 heavy (non-hydrogen) atoms. The van der Waals surface area contributed by atoms with Gasteiger partial charge >= 0.3 is 0 Å². The standard InChI is InChI=1S/C30H38N2O2/c1-5-23(11-14-32-12-7-6-8-13-32)28-18-26-17-27(20-31-29(26)19-30(28)34-4)25-10-9-24(16-22(3)33)21(2)15-25/h9-10,15,17-20,23H,5-8,11-14,16H2,1-4H3. The average molecular weight is 459 g/mol. The Morgan fingerprint density at radius 2 is 1.88 bits per heavy atom. The molecule has 0 amide bonds. The van der Waals surface area contributed by atoms with Crippen LogP contribution in [0, 0.1) is 6.92 Å². The number of pyridine rings is 1. The maximum absolute atomic E-state index is 11.5. The van der Waals surface area contributed by atoms with Crippen molar-refractivity contribution < 1.29 is 9.53 Å². The molecule has 4 rings (SSSR count). The topological polar surface area (TPSA) is 42.4 Å². The molecule has 1 unspecified atom stereocenters. The van der Waals surface area contributed by atoms with Gasteiger partial charge in [-0.1, -0.05) is 31.5 Å². The highest BCUT2D eigenvalue weighted by atomic mass is 16.5. The number of Topliss-reactive ketones (excluding diaryl/α,β-unsaturated/α-hetero) is 1. The van der Waals surface area contributed by atoms with E-state index in [1.807, 2.05) is 6.20 Å². The highest BCUT2D eigenvalue weighted by molar-refractivity contribution is 5.86. The van der Waals surface area contributed by atoms with Gasteiger partial charge in [0, 0.05) is 29.6 Å². The molecule has 1 aromatic heterocycles. The van der Waals surface area contributed by atoms with Crippen molar-refractivity contribution in [1.82, 2.24) is 9.88 Å². The molecule has 1 aliphatic rings. The molecule has 0 aliphatic carbocycles. The van der Waals surface area contributed by atoms with Crippen LogP contribution >= 0.6 is 0 Å². The lowest BCUT2D eigenvalue weighted by molar-refractivity contribution is -0.116. The second-order valence-corrected chi connectivity index (χ2v) is 9.83. The molecule has 0 radical (unpaired) electrons. The number of piperidine rings is 1. The Labute approximate surface area is 204 Å². The number of nitrogens with zero attached hydrogens (tertiary/aromatic N) is 2. The highest BCUT2D eigenvalue weighted by Crippen LogP contribution is 2.36. The Hall–Kier alpha value is -2.72. The summed E-state index contributed by atoms with van der Waals surface area (Å²) in [4.78, 5) is 18.9. The molecular weight excluding hydrogens is 420 g/mol. The first-order chi connectivity index (χ1) is 16.5. The van der Waals surface area contributed by atoms with Crippen LogP contribution < -0.4 is 4.74 Å². The van der Waals surface area contributed by atoms with E-state index in [9.17, 15) is 4.79 Å². The van der Waals surface area contributed by atoms with Gasteiger partial charge in [-0.25, -0.2) is 0 Å². The summed E-state index contributed by atoms with van der Waals surface area (Å²) in [6.07, 6.45) is 8.72. The number of likely N-dealkylation sites (tertiary alicyclic amines) is 1. The van der Waals surface area contributed by atoms with Crippen molar-refractivity contribution in [2.45, 2.75) is 65.2 Å². The molecule has 180 valence electrons. The lowest BCUT2D eigenvalue weighted by Gasteiger charge is -2.28. The van der Waals surface area contributed by atoms with Crippen LogP contribution in [0.5, 0.6) is 5.75 Å². The van der Waals surface area contributed by atoms with Gasteiger partial charge in [-0.15, -0.1) is 0 Å². The van der Waals surface area contributed by atoms with E-state index >= 15 is 0 Å². The minimum absolute atomic E-state index is 0.190. The van der Waals surface area contributed by atoms with Gasteiger partial charge in [-0.2, -0.15) is 0 Å². The third-order valence-electron chi connectivity index (χ3n) is 7.32. The minimum Gasteiger partial charge on any atom is -0.496 e.